The van der Waals surface area contributed by atoms with E-state index in [0.29, 0.717) is 50.6 Å². The van der Waals surface area contributed by atoms with E-state index < -0.39 is 0 Å². The number of benzene rings is 1. The van der Waals surface area contributed by atoms with Crippen molar-refractivity contribution in [2.75, 3.05) is 37.6 Å². The van der Waals surface area contributed by atoms with Gasteiger partial charge in [-0.15, -0.1) is 0 Å². The average molecular weight is 371 g/mol. The van der Waals surface area contributed by atoms with Crippen LogP contribution in [0.3, 0.4) is 0 Å². The van der Waals surface area contributed by atoms with Crippen molar-refractivity contribution in [2.45, 2.75) is 40.0 Å². The Labute approximate surface area is 161 Å². The van der Waals surface area contributed by atoms with Gasteiger partial charge in [0.1, 0.15) is 0 Å². The van der Waals surface area contributed by atoms with Gasteiger partial charge in [0.2, 0.25) is 11.8 Å². The lowest BCUT2D eigenvalue weighted by molar-refractivity contribution is -0.133. The molecule has 146 valence electrons. The molecule has 3 rings (SSSR count). The van der Waals surface area contributed by atoms with Crippen LogP contribution in [0, 0.1) is 5.92 Å². The normalized spacial score (nSPS) is 16.7. The first-order valence-electron chi connectivity index (χ1n) is 9.85. The minimum Gasteiger partial charge on any atom is -0.339 e. The van der Waals surface area contributed by atoms with Gasteiger partial charge in [-0.05, 0) is 42.5 Å². The average Bonchev–Trinajstić information content (AvgIpc) is 3.09. The zero-order valence-electron chi connectivity index (χ0n) is 16.5. The molecule has 2 aliphatic heterocycles. The minimum atomic E-state index is 0.00774. The smallest absolute Gasteiger partial charge is 0.253 e. The van der Waals surface area contributed by atoms with Crippen LogP contribution in [-0.4, -0.2) is 60.2 Å². The maximum absolute atomic E-state index is 12.8. The summed E-state index contributed by atoms with van der Waals surface area (Å²) in [6.45, 7) is 8.84. The number of hydrogen-bond acceptors (Lipinski definition) is 3. The second-order valence-electron chi connectivity index (χ2n) is 7.87. The first-order chi connectivity index (χ1) is 12.9. The maximum Gasteiger partial charge on any atom is 0.253 e. The van der Waals surface area contributed by atoms with Crippen molar-refractivity contribution in [3.05, 3.63) is 29.3 Å². The van der Waals surface area contributed by atoms with Crippen molar-refractivity contribution in [1.82, 2.24) is 9.80 Å². The van der Waals surface area contributed by atoms with E-state index in [-0.39, 0.29) is 17.7 Å². The van der Waals surface area contributed by atoms with Gasteiger partial charge in [0.15, 0.2) is 0 Å². The van der Waals surface area contributed by atoms with Gasteiger partial charge in [-0.25, -0.2) is 0 Å². The van der Waals surface area contributed by atoms with Crippen LogP contribution in [0.2, 0.25) is 0 Å². The van der Waals surface area contributed by atoms with E-state index in [1.807, 2.05) is 28.0 Å². The molecule has 27 heavy (non-hydrogen) atoms. The Kier molecular flexibility index (Phi) is 5.82. The summed E-state index contributed by atoms with van der Waals surface area (Å²) in [5, 5.41) is 0. The third-order valence-corrected chi connectivity index (χ3v) is 5.46. The standard InChI is InChI=1S/C21H29N3O3/c1-15(2)4-7-20(26)22-10-12-23(13-11-22)21(27)18-5-6-19-17(14-18)8-9-24(19)16(3)25/h5-6,14-15H,4,7-13H2,1-3H3. The van der Waals surface area contributed by atoms with Crippen molar-refractivity contribution < 1.29 is 14.4 Å². The fourth-order valence-corrected chi connectivity index (χ4v) is 3.77. The van der Waals surface area contributed by atoms with Crippen LogP contribution >= 0.6 is 0 Å². The lowest BCUT2D eigenvalue weighted by atomic mass is 10.1. The molecular weight excluding hydrogens is 342 g/mol. The molecule has 2 aliphatic rings. The van der Waals surface area contributed by atoms with Gasteiger partial charge in [-0.1, -0.05) is 13.8 Å². The van der Waals surface area contributed by atoms with E-state index >= 15 is 0 Å². The Morgan fingerprint density at radius 1 is 1.00 bits per heavy atom. The topological polar surface area (TPSA) is 60.9 Å². The maximum atomic E-state index is 12.8. The Morgan fingerprint density at radius 2 is 1.67 bits per heavy atom. The summed E-state index contributed by atoms with van der Waals surface area (Å²) in [5.74, 6) is 0.757. The van der Waals surface area contributed by atoms with Crippen LogP contribution < -0.4 is 4.90 Å². The molecule has 0 saturated carbocycles. The summed E-state index contributed by atoms with van der Waals surface area (Å²) in [7, 11) is 0. The zero-order valence-corrected chi connectivity index (χ0v) is 16.5. The number of rotatable bonds is 4. The number of amides is 3. The number of hydrogen-bond donors (Lipinski definition) is 0. The second kappa shape index (κ2) is 8.11. The fourth-order valence-electron chi connectivity index (χ4n) is 3.77. The third-order valence-electron chi connectivity index (χ3n) is 5.46. The van der Waals surface area contributed by atoms with Crippen molar-refractivity contribution in [3.8, 4) is 0 Å². The van der Waals surface area contributed by atoms with Gasteiger partial charge in [-0.2, -0.15) is 0 Å². The van der Waals surface area contributed by atoms with Crippen LogP contribution in [-0.2, 0) is 16.0 Å². The monoisotopic (exact) mass is 371 g/mol. The van der Waals surface area contributed by atoms with Gasteiger partial charge < -0.3 is 14.7 Å². The Hall–Kier alpha value is -2.37. The number of nitrogens with zero attached hydrogens (tertiary/aromatic N) is 3. The van der Waals surface area contributed by atoms with E-state index in [0.717, 1.165) is 24.1 Å². The first kappa shape index (κ1) is 19.4. The molecule has 1 saturated heterocycles. The highest BCUT2D eigenvalue weighted by atomic mass is 16.2. The molecular formula is C21H29N3O3. The van der Waals surface area contributed by atoms with E-state index in [9.17, 15) is 14.4 Å². The highest BCUT2D eigenvalue weighted by Crippen LogP contribution is 2.29. The molecule has 0 atom stereocenters. The highest BCUT2D eigenvalue weighted by Gasteiger charge is 2.27. The lowest BCUT2D eigenvalue weighted by Crippen LogP contribution is -2.50. The lowest BCUT2D eigenvalue weighted by Gasteiger charge is -2.35. The molecule has 1 fully saturated rings. The predicted octanol–water partition coefficient (Wildman–Crippen LogP) is 2.32. The van der Waals surface area contributed by atoms with Gasteiger partial charge in [-0.3, -0.25) is 14.4 Å². The molecule has 0 unspecified atom stereocenters. The van der Waals surface area contributed by atoms with Crippen LogP contribution in [0.5, 0.6) is 0 Å². The number of carbonyl (C=O) groups excluding carboxylic acids is 3. The third kappa shape index (κ3) is 4.31. The van der Waals surface area contributed by atoms with Crippen LogP contribution in [0.4, 0.5) is 5.69 Å². The molecule has 2 heterocycles. The van der Waals surface area contributed by atoms with Gasteiger partial charge in [0, 0.05) is 57.3 Å². The summed E-state index contributed by atoms with van der Waals surface area (Å²) >= 11 is 0. The van der Waals surface area contributed by atoms with Crippen molar-refractivity contribution in [1.29, 1.82) is 0 Å². The predicted molar refractivity (Wildman–Crippen MR) is 105 cm³/mol. The van der Waals surface area contributed by atoms with E-state index in [1.54, 1.807) is 11.8 Å². The van der Waals surface area contributed by atoms with Crippen molar-refractivity contribution >= 4 is 23.4 Å². The molecule has 0 spiro atoms. The first-order valence-corrected chi connectivity index (χ1v) is 9.85. The minimum absolute atomic E-state index is 0.00774. The molecule has 0 N–H and O–H groups in total. The Morgan fingerprint density at radius 3 is 2.30 bits per heavy atom. The molecule has 1 aromatic carbocycles. The summed E-state index contributed by atoms with van der Waals surface area (Å²) < 4.78 is 0. The summed E-state index contributed by atoms with van der Waals surface area (Å²) in [5.41, 5.74) is 2.64. The number of piperazine rings is 1. The van der Waals surface area contributed by atoms with Crippen molar-refractivity contribution in [2.24, 2.45) is 5.92 Å². The van der Waals surface area contributed by atoms with Gasteiger partial charge in [0.05, 0.1) is 0 Å². The molecule has 0 bridgehead atoms. The molecule has 0 aromatic heterocycles. The zero-order chi connectivity index (χ0) is 19.6. The fraction of sp³-hybridized carbons (Fsp3) is 0.571. The summed E-state index contributed by atoms with van der Waals surface area (Å²) in [6.07, 6.45) is 2.28. The SMILES string of the molecule is CC(=O)N1CCc2cc(C(=O)N3CCN(C(=O)CCC(C)C)CC3)ccc21. The largest absolute Gasteiger partial charge is 0.339 e. The summed E-state index contributed by atoms with van der Waals surface area (Å²) in [4.78, 5) is 42.2. The van der Waals surface area contributed by atoms with Crippen LogP contribution in [0.15, 0.2) is 18.2 Å². The Balaban J connectivity index is 1.59. The molecule has 3 amide bonds. The van der Waals surface area contributed by atoms with Crippen LogP contribution in [0.25, 0.3) is 0 Å². The van der Waals surface area contributed by atoms with Crippen molar-refractivity contribution in [3.63, 3.8) is 0 Å². The van der Waals surface area contributed by atoms with Crippen LogP contribution in [0.1, 0.15) is 49.5 Å². The van der Waals surface area contributed by atoms with Gasteiger partial charge >= 0.3 is 0 Å². The van der Waals surface area contributed by atoms with E-state index in [4.69, 9.17) is 0 Å². The van der Waals surface area contributed by atoms with E-state index in [1.165, 1.54) is 0 Å². The molecule has 1 aromatic rings. The quantitative estimate of drug-likeness (QED) is 0.816. The molecule has 0 aliphatic carbocycles. The second-order valence-corrected chi connectivity index (χ2v) is 7.87. The number of carbonyl (C=O) groups is 3. The number of anilines is 1. The molecule has 6 heteroatoms. The summed E-state index contributed by atoms with van der Waals surface area (Å²) in [6, 6.07) is 5.60. The van der Waals surface area contributed by atoms with Gasteiger partial charge in [0.25, 0.3) is 5.91 Å². The number of fused-ring (bicyclic) bond motifs is 1. The molecule has 6 nitrogen and oxygen atoms in total. The highest BCUT2D eigenvalue weighted by molar-refractivity contribution is 5.98. The van der Waals surface area contributed by atoms with E-state index in [2.05, 4.69) is 13.8 Å². The Bertz CT molecular complexity index is 736. The molecule has 0 radical (unpaired) electrons.